The minimum Gasteiger partial charge on any atom is -0.476 e. The van der Waals surface area contributed by atoms with Crippen LogP contribution in [0.25, 0.3) is 11.2 Å². The first-order valence-corrected chi connectivity index (χ1v) is 13.0. The van der Waals surface area contributed by atoms with Crippen LogP contribution in [0.2, 0.25) is 5.02 Å². The quantitative estimate of drug-likeness (QED) is 0.485. The Morgan fingerprint density at radius 2 is 1.97 bits per heavy atom. The number of nitrogens with one attached hydrogen (secondary N) is 1. The number of aromatic nitrogens is 3. The smallest absolute Gasteiger partial charge is 0.418 e. The third-order valence-electron chi connectivity index (χ3n) is 8.11. The normalized spacial score (nSPS) is 24.9. The van der Waals surface area contributed by atoms with Gasteiger partial charge < -0.3 is 19.7 Å². The molecule has 0 atom stereocenters. The van der Waals surface area contributed by atoms with E-state index in [1.165, 1.54) is 10.9 Å². The van der Waals surface area contributed by atoms with Crippen LogP contribution in [-0.4, -0.2) is 62.3 Å². The van der Waals surface area contributed by atoms with Crippen LogP contribution in [-0.2, 0) is 16.4 Å². The molecule has 1 aliphatic carbocycles. The van der Waals surface area contributed by atoms with Gasteiger partial charge in [0.15, 0.2) is 5.65 Å². The molecule has 1 saturated carbocycles. The molecule has 4 heterocycles. The highest BCUT2D eigenvalue weighted by Gasteiger charge is 2.48. The second-order valence-corrected chi connectivity index (χ2v) is 11.2. The van der Waals surface area contributed by atoms with Crippen LogP contribution in [0.5, 0.6) is 5.88 Å². The van der Waals surface area contributed by atoms with Gasteiger partial charge in [0.05, 0.1) is 22.9 Å². The Balaban J connectivity index is 1.12. The summed E-state index contributed by atoms with van der Waals surface area (Å²) in [5.41, 5.74) is -0.768. The monoisotopic (exact) mass is 549 g/mol. The number of pyridine rings is 1. The van der Waals surface area contributed by atoms with E-state index in [9.17, 15) is 23.1 Å². The summed E-state index contributed by atoms with van der Waals surface area (Å²) in [6.07, 6.45) is -1.34. The summed E-state index contributed by atoms with van der Waals surface area (Å²) in [5, 5.41) is 13.6. The van der Waals surface area contributed by atoms with E-state index in [1.807, 2.05) is 12.1 Å². The first kappa shape index (κ1) is 25.4. The van der Waals surface area contributed by atoms with Crippen LogP contribution >= 0.6 is 11.6 Å². The number of imidazole rings is 1. The van der Waals surface area contributed by atoms with Crippen LogP contribution in [0.1, 0.15) is 49.8 Å². The SMILES string of the molecule is CC1(O)CC(n2cnc3nc(OCCN4CCC5(CC4)C(=O)Nc4ccc(Cl)cc45)cc(C(F)(F)F)c32)C1. The van der Waals surface area contributed by atoms with E-state index in [0.29, 0.717) is 50.3 Å². The fraction of sp³-hybridized carbons (Fsp3) is 0.500. The standard InChI is InChI=1S/C26H27ClF3N5O3/c1-24(37)12-16(13-24)35-14-31-22-21(35)18(26(28,29)30)11-20(33-22)38-9-8-34-6-4-25(5-7-34)17-10-15(27)2-3-19(17)32-23(25)36/h2-3,10-11,14,16,37H,4-9,12-13H2,1H3,(H,32,36). The van der Waals surface area contributed by atoms with Gasteiger partial charge in [0.2, 0.25) is 11.8 Å². The van der Waals surface area contributed by atoms with Crippen LogP contribution in [0.3, 0.4) is 0 Å². The molecule has 0 bridgehead atoms. The van der Waals surface area contributed by atoms with Crippen molar-refractivity contribution in [2.24, 2.45) is 0 Å². The zero-order valence-corrected chi connectivity index (χ0v) is 21.4. The van der Waals surface area contributed by atoms with E-state index in [0.717, 1.165) is 17.3 Å². The van der Waals surface area contributed by atoms with Crippen LogP contribution in [0, 0.1) is 0 Å². The molecule has 38 heavy (non-hydrogen) atoms. The number of benzene rings is 1. The van der Waals surface area contributed by atoms with Crippen molar-refractivity contribution >= 4 is 34.4 Å². The number of carbonyl (C=O) groups is 1. The van der Waals surface area contributed by atoms with Crippen molar-refractivity contribution in [3.05, 3.63) is 46.7 Å². The Morgan fingerprint density at radius 3 is 2.66 bits per heavy atom. The second-order valence-electron chi connectivity index (χ2n) is 10.8. The summed E-state index contributed by atoms with van der Waals surface area (Å²) in [5.74, 6) is -0.157. The number of rotatable bonds is 5. The molecule has 8 nitrogen and oxygen atoms in total. The predicted octanol–water partition coefficient (Wildman–Crippen LogP) is 4.55. The van der Waals surface area contributed by atoms with Crippen molar-refractivity contribution in [3.8, 4) is 5.88 Å². The van der Waals surface area contributed by atoms with Crippen molar-refractivity contribution < 1.29 is 27.8 Å². The minimum absolute atomic E-state index is 0.0206. The number of ether oxygens (including phenoxy) is 1. The molecule has 1 amide bonds. The number of anilines is 1. The van der Waals surface area contributed by atoms with Gasteiger partial charge in [0.25, 0.3) is 0 Å². The summed E-state index contributed by atoms with van der Waals surface area (Å²) in [6.45, 7) is 3.56. The molecule has 3 aromatic rings. The highest BCUT2D eigenvalue weighted by molar-refractivity contribution is 6.31. The Hall–Kier alpha value is -2.89. The summed E-state index contributed by atoms with van der Waals surface area (Å²) in [4.78, 5) is 23.3. The van der Waals surface area contributed by atoms with Gasteiger partial charge in [-0.1, -0.05) is 11.6 Å². The maximum atomic E-state index is 14.0. The van der Waals surface area contributed by atoms with Gasteiger partial charge in [0.1, 0.15) is 12.1 Å². The number of nitrogens with zero attached hydrogens (tertiary/aromatic N) is 4. The van der Waals surface area contributed by atoms with Gasteiger partial charge in [-0.15, -0.1) is 0 Å². The van der Waals surface area contributed by atoms with Crippen molar-refractivity contribution in [2.75, 3.05) is 31.6 Å². The average molecular weight is 550 g/mol. The van der Waals surface area contributed by atoms with E-state index >= 15 is 0 Å². The van der Waals surface area contributed by atoms with Gasteiger partial charge >= 0.3 is 6.18 Å². The van der Waals surface area contributed by atoms with E-state index in [1.54, 1.807) is 13.0 Å². The zero-order valence-electron chi connectivity index (χ0n) is 20.7. The number of carbonyl (C=O) groups excluding carboxylic acids is 1. The molecule has 1 saturated heterocycles. The lowest BCUT2D eigenvalue weighted by Gasteiger charge is -2.41. The van der Waals surface area contributed by atoms with Gasteiger partial charge in [-0.05, 0) is 69.5 Å². The molecule has 2 fully saturated rings. The first-order chi connectivity index (χ1) is 18.0. The van der Waals surface area contributed by atoms with Crippen molar-refractivity contribution in [1.82, 2.24) is 19.4 Å². The number of fused-ring (bicyclic) bond motifs is 3. The number of hydrogen-bond acceptors (Lipinski definition) is 6. The van der Waals surface area contributed by atoms with Gasteiger partial charge in [-0.2, -0.15) is 18.2 Å². The van der Waals surface area contributed by atoms with E-state index < -0.39 is 22.8 Å². The highest BCUT2D eigenvalue weighted by atomic mass is 35.5. The third kappa shape index (κ3) is 4.30. The fourth-order valence-electron chi connectivity index (χ4n) is 6.06. The molecule has 0 unspecified atom stereocenters. The number of hydrogen-bond donors (Lipinski definition) is 2. The third-order valence-corrected chi connectivity index (χ3v) is 8.35. The van der Waals surface area contributed by atoms with Gasteiger partial charge in [-0.3, -0.25) is 9.69 Å². The fourth-order valence-corrected chi connectivity index (χ4v) is 6.23. The Labute approximate surface area is 221 Å². The van der Waals surface area contributed by atoms with Crippen LogP contribution in [0.4, 0.5) is 18.9 Å². The zero-order chi connectivity index (χ0) is 26.9. The molecule has 2 N–H and O–H groups in total. The predicted molar refractivity (Wildman–Crippen MR) is 134 cm³/mol. The second kappa shape index (κ2) is 8.82. The lowest BCUT2D eigenvalue weighted by atomic mass is 9.73. The molecular formula is C26H27ClF3N5O3. The molecule has 6 rings (SSSR count). The highest BCUT2D eigenvalue weighted by Crippen LogP contribution is 2.46. The summed E-state index contributed by atoms with van der Waals surface area (Å²) >= 11 is 6.18. The van der Waals surface area contributed by atoms with E-state index in [-0.39, 0.29) is 35.6 Å². The molecule has 2 aliphatic heterocycles. The maximum Gasteiger partial charge on any atom is 0.418 e. The number of likely N-dealkylation sites (tertiary alicyclic amines) is 1. The topological polar surface area (TPSA) is 92.5 Å². The van der Waals surface area contributed by atoms with Crippen molar-refractivity contribution in [3.63, 3.8) is 0 Å². The summed E-state index contributed by atoms with van der Waals surface area (Å²) in [7, 11) is 0. The van der Waals surface area contributed by atoms with Gasteiger partial charge in [0, 0.05) is 29.4 Å². The number of aliphatic hydroxyl groups is 1. The largest absolute Gasteiger partial charge is 0.476 e. The number of halogens is 4. The number of alkyl halides is 3. The van der Waals surface area contributed by atoms with Crippen molar-refractivity contribution in [2.45, 2.75) is 55.8 Å². The van der Waals surface area contributed by atoms with E-state index in [2.05, 4.69) is 20.2 Å². The van der Waals surface area contributed by atoms with Crippen molar-refractivity contribution in [1.29, 1.82) is 0 Å². The molecule has 202 valence electrons. The lowest BCUT2D eigenvalue weighted by Crippen LogP contribution is -2.47. The van der Waals surface area contributed by atoms with Gasteiger partial charge in [-0.25, -0.2) is 4.98 Å². The molecule has 3 aliphatic rings. The molecule has 12 heteroatoms. The molecular weight excluding hydrogens is 523 g/mol. The molecule has 0 radical (unpaired) electrons. The molecule has 1 spiro atoms. The number of amides is 1. The lowest BCUT2D eigenvalue weighted by molar-refractivity contribution is -0.136. The van der Waals surface area contributed by atoms with Crippen LogP contribution < -0.4 is 10.1 Å². The average Bonchev–Trinajstić information content (AvgIpc) is 3.37. The summed E-state index contributed by atoms with van der Waals surface area (Å²) < 4.78 is 49.1. The Bertz CT molecular complexity index is 1410. The number of piperidine rings is 1. The summed E-state index contributed by atoms with van der Waals surface area (Å²) in [6, 6.07) is 6.08. The maximum absolute atomic E-state index is 14.0. The minimum atomic E-state index is -4.62. The first-order valence-electron chi connectivity index (χ1n) is 12.6. The van der Waals surface area contributed by atoms with E-state index in [4.69, 9.17) is 16.3 Å². The molecule has 2 aromatic heterocycles. The van der Waals surface area contributed by atoms with Crippen LogP contribution in [0.15, 0.2) is 30.6 Å². The Morgan fingerprint density at radius 1 is 1.24 bits per heavy atom. The molecule has 1 aromatic carbocycles. The Kier molecular flexibility index (Phi) is 5.89.